The second kappa shape index (κ2) is 8.39. The van der Waals surface area contributed by atoms with E-state index in [0.717, 1.165) is 11.3 Å². The highest BCUT2D eigenvalue weighted by Crippen LogP contribution is 2.27. The second-order valence-electron chi connectivity index (χ2n) is 6.62. The standard InChI is InChI=1S/C21H22N4O2S/c1-13-9-10-19(14(2)11-13)25-12-22-24-21(25)28-16(4)20(27)23-18-8-6-5-7-17(18)15(3)26/h5-12,16H,1-4H3,(H,23,27). The zero-order chi connectivity index (χ0) is 20.3. The van der Waals surface area contributed by atoms with Crippen molar-refractivity contribution in [3.05, 3.63) is 65.5 Å². The number of benzene rings is 2. The minimum atomic E-state index is -0.422. The first-order valence-corrected chi connectivity index (χ1v) is 9.80. The predicted octanol–water partition coefficient (Wildman–Crippen LogP) is 4.21. The third kappa shape index (κ3) is 4.31. The number of carbonyl (C=O) groups is 2. The zero-order valence-corrected chi connectivity index (χ0v) is 17.1. The summed E-state index contributed by atoms with van der Waals surface area (Å²) in [6.07, 6.45) is 1.65. The number of Topliss-reactive ketones (excluding diaryl/α,β-unsaturated/α-hetero) is 1. The second-order valence-corrected chi connectivity index (χ2v) is 7.93. The van der Waals surface area contributed by atoms with Crippen LogP contribution in [-0.2, 0) is 4.79 Å². The molecule has 28 heavy (non-hydrogen) atoms. The monoisotopic (exact) mass is 394 g/mol. The molecule has 1 N–H and O–H groups in total. The van der Waals surface area contributed by atoms with Crippen LogP contribution >= 0.6 is 11.8 Å². The van der Waals surface area contributed by atoms with Gasteiger partial charge in [0.1, 0.15) is 6.33 Å². The van der Waals surface area contributed by atoms with Gasteiger partial charge >= 0.3 is 0 Å². The van der Waals surface area contributed by atoms with E-state index in [-0.39, 0.29) is 11.7 Å². The van der Waals surface area contributed by atoms with E-state index >= 15 is 0 Å². The van der Waals surface area contributed by atoms with Crippen molar-refractivity contribution in [2.24, 2.45) is 0 Å². The number of ketones is 1. The molecule has 3 rings (SSSR count). The van der Waals surface area contributed by atoms with Gasteiger partial charge in [0.15, 0.2) is 10.9 Å². The first-order valence-electron chi connectivity index (χ1n) is 8.92. The molecule has 1 aromatic heterocycles. The highest BCUT2D eigenvalue weighted by molar-refractivity contribution is 8.00. The first-order chi connectivity index (χ1) is 13.4. The molecular formula is C21H22N4O2S. The van der Waals surface area contributed by atoms with E-state index < -0.39 is 5.25 Å². The Labute approximate surface area is 168 Å². The lowest BCUT2D eigenvalue weighted by Crippen LogP contribution is -2.24. The number of nitrogens with one attached hydrogen (secondary N) is 1. The van der Waals surface area contributed by atoms with Crippen molar-refractivity contribution in [2.75, 3.05) is 5.32 Å². The maximum atomic E-state index is 12.7. The fourth-order valence-corrected chi connectivity index (χ4v) is 3.73. The Balaban J connectivity index is 1.77. The summed E-state index contributed by atoms with van der Waals surface area (Å²) in [5.41, 5.74) is 4.27. The van der Waals surface area contributed by atoms with Gasteiger partial charge in [0.2, 0.25) is 5.91 Å². The van der Waals surface area contributed by atoms with Gasteiger partial charge in [-0.25, -0.2) is 0 Å². The van der Waals surface area contributed by atoms with Crippen LogP contribution in [0.3, 0.4) is 0 Å². The maximum absolute atomic E-state index is 12.7. The van der Waals surface area contributed by atoms with Crippen LogP contribution in [0.5, 0.6) is 0 Å². The number of thioether (sulfide) groups is 1. The molecule has 1 amide bonds. The summed E-state index contributed by atoms with van der Waals surface area (Å²) in [5.74, 6) is -0.292. The Kier molecular flexibility index (Phi) is 5.94. The first kappa shape index (κ1) is 19.8. The zero-order valence-electron chi connectivity index (χ0n) is 16.3. The van der Waals surface area contributed by atoms with E-state index in [0.29, 0.717) is 16.4 Å². The largest absolute Gasteiger partial charge is 0.324 e. The molecule has 1 heterocycles. The van der Waals surface area contributed by atoms with Gasteiger partial charge in [-0.15, -0.1) is 10.2 Å². The maximum Gasteiger partial charge on any atom is 0.237 e. The molecule has 144 valence electrons. The van der Waals surface area contributed by atoms with Crippen LogP contribution < -0.4 is 5.32 Å². The van der Waals surface area contributed by atoms with Crippen molar-refractivity contribution in [2.45, 2.75) is 38.1 Å². The summed E-state index contributed by atoms with van der Waals surface area (Å²) >= 11 is 1.32. The van der Waals surface area contributed by atoms with Crippen LogP contribution in [0.1, 0.15) is 35.3 Å². The number of anilines is 1. The summed E-state index contributed by atoms with van der Waals surface area (Å²) in [6.45, 7) is 7.36. The van der Waals surface area contributed by atoms with Gasteiger partial charge in [0.05, 0.1) is 16.6 Å². The summed E-state index contributed by atoms with van der Waals surface area (Å²) in [4.78, 5) is 24.4. The van der Waals surface area contributed by atoms with E-state index in [9.17, 15) is 9.59 Å². The normalized spacial score (nSPS) is 11.9. The van der Waals surface area contributed by atoms with Crippen molar-refractivity contribution in [3.8, 4) is 5.69 Å². The third-order valence-electron chi connectivity index (χ3n) is 4.34. The lowest BCUT2D eigenvalue weighted by Gasteiger charge is -2.15. The van der Waals surface area contributed by atoms with Crippen LogP contribution in [0, 0.1) is 13.8 Å². The van der Waals surface area contributed by atoms with Crippen molar-refractivity contribution < 1.29 is 9.59 Å². The van der Waals surface area contributed by atoms with E-state index in [2.05, 4.69) is 21.6 Å². The summed E-state index contributed by atoms with van der Waals surface area (Å²) < 4.78 is 1.88. The SMILES string of the molecule is CC(=O)c1ccccc1NC(=O)C(C)Sc1nncn1-c1ccc(C)cc1C. The fourth-order valence-electron chi connectivity index (χ4n) is 2.89. The van der Waals surface area contributed by atoms with Crippen molar-refractivity contribution in [1.82, 2.24) is 14.8 Å². The van der Waals surface area contributed by atoms with E-state index in [1.807, 2.05) is 30.5 Å². The summed E-state index contributed by atoms with van der Waals surface area (Å²) in [5, 5.41) is 11.2. The molecule has 0 radical (unpaired) electrons. The molecule has 0 aliphatic rings. The summed E-state index contributed by atoms with van der Waals surface area (Å²) in [7, 11) is 0. The lowest BCUT2D eigenvalue weighted by atomic mass is 10.1. The van der Waals surface area contributed by atoms with Crippen LogP contribution in [0.25, 0.3) is 5.69 Å². The topological polar surface area (TPSA) is 76.9 Å². The predicted molar refractivity (Wildman–Crippen MR) is 111 cm³/mol. The molecule has 0 fully saturated rings. The number of para-hydroxylation sites is 1. The minimum absolute atomic E-state index is 0.0919. The number of aryl methyl sites for hydroxylation is 2. The van der Waals surface area contributed by atoms with Gasteiger partial charge in [0, 0.05) is 5.56 Å². The quantitative estimate of drug-likeness (QED) is 0.501. The van der Waals surface area contributed by atoms with Gasteiger partial charge in [-0.3, -0.25) is 14.2 Å². The average molecular weight is 395 g/mol. The van der Waals surface area contributed by atoms with E-state index in [4.69, 9.17) is 0 Å². The molecule has 0 aliphatic carbocycles. The molecule has 1 atom stereocenters. The van der Waals surface area contributed by atoms with Gasteiger partial charge < -0.3 is 5.32 Å². The number of rotatable bonds is 6. The molecule has 0 saturated heterocycles. The van der Waals surface area contributed by atoms with E-state index in [1.165, 1.54) is 24.2 Å². The summed E-state index contributed by atoms with van der Waals surface area (Å²) in [6, 6.07) is 13.1. The van der Waals surface area contributed by atoms with Crippen LogP contribution in [0.2, 0.25) is 0 Å². The van der Waals surface area contributed by atoms with Crippen LogP contribution in [0.15, 0.2) is 53.9 Å². The number of hydrogen-bond acceptors (Lipinski definition) is 5. The van der Waals surface area contributed by atoms with Gasteiger partial charge in [-0.05, 0) is 51.5 Å². The Morgan fingerprint density at radius 3 is 2.61 bits per heavy atom. The fraction of sp³-hybridized carbons (Fsp3) is 0.238. The van der Waals surface area contributed by atoms with E-state index in [1.54, 1.807) is 37.5 Å². The van der Waals surface area contributed by atoms with Gasteiger partial charge in [-0.1, -0.05) is 41.6 Å². The molecule has 0 aliphatic heterocycles. The minimum Gasteiger partial charge on any atom is -0.324 e. The molecule has 0 saturated carbocycles. The third-order valence-corrected chi connectivity index (χ3v) is 5.40. The Morgan fingerprint density at radius 1 is 1.14 bits per heavy atom. The number of carbonyl (C=O) groups excluding carboxylic acids is 2. The van der Waals surface area contributed by atoms with Crippen molar-refractivity contribution >= 4 is 29.1 Å². The van der Waals surface area contributed by atoms with Crippen molar-refractivity contribution in [1.29, 1.82) is 0 Å². The highest BCUT2D eigenvalue weighted by Gasteiger charge is 2.20. The number of aromatic nitrogens is 3. The highest BCUT2D eigenvalue weighted by atomic mass is 32.2. The number of amides is 1. The van der Waals surface area contributed by atoms with Crippen LogP contribution in [0.4, 0.5) is 5.69 Å². The molecule has 1 unspecified atom stereocenters. The molecule has 0 spiro atoms. The smallest absolute Gasteiger partial charge is 0.237 e. The number of hydrogen-bond donors (Lipinski definition) is 1. The molecule has 6 nitrogen and oxygen atoms in total. The van der Waals surface area contributed by atoms with Gasteiger partial charge in [-0.2, -0.15) is 0 Å². The number of nitrogens with zero attached hydrogens (tertiary/aromatic N) is 3. The molecule has 7 heteroatoms. The Morgan fingerprint density at radius 2 is 1.89 bits per heavy atom. The lowest BCUT2D eigenvalue weighted by molar-refractivity contribution is -0.115. The molecule has 3 aromatic rings. The van der Waals surface area contributed by atoms with Crippen molar-refractivity contribution in [3.63, 3.8) is 0 Å². The molecular weight excluding hydrogens is 372 g/mol. The average Bonchev–Trinajstić information content (AvgIpc) is 3.09. The van der Waals surface area contributed by atoms with Crippen LogP contribution in [-0.4, -0.2) is 31.7 Å². The Hall–Kier alpha value is -2.93. The molecule has 2 aromatic carbocycles. The molecule has 0 bridgehead atoms. The Bertz CT molecular complexity index is 1030. The van der Waals surface area contributed by atoms with Gasteiger partial charge in [0.25, 0.3) is 0 Å².